The fraction of sp³-hybridized carbons (Fsp3) is 0.273. The molecule has 1 unspecified atom stereocenters. The number of fused-ring (bicyclic) bond motifs is 1. The molecule has 1 aromatic heterocycles. The Morgan fingerprint density at radius 2 is 1.85 bits per heavy atom. The highest BCUT2D eigenvalue weighted by Gasteiger charge is 2.27. The first-order chi connectivity index (χ1) is 12.8. The van der Waals surface area contributed by atoms with Gasteiger partial charge in [-0.15, -0.1) is 0 Å². The second-order valence-electron chi connectivity index (χ2n) is 6.70. The Morgan fingerprint density at radius 1 is 1.04 bits per heavy atom. The number of amides is 1. The molecule has 132 valence electrons. The standard InChI is InChI=1S/C22H22N2O2/c25-22(13-10-17-6-2-1-3-7-17)24-15-14-19(16-24)26-21-12-11-18-8-4-5-9-20(18)23-21/h1-9,11-12,19H,10,13-16H2. The van der Waals surface area contributed by atoms with Crippen LogP contribution in [0.4, 0.5) is 0 Å². The normalized spacial score (nSPS) is 16.8. The summed E-state index contributed by atoms with van der Waals surface area (Å²) in [6.45, 7) is 1.40. The quantitative estimate of drug-likeness (QED) is 0.705. The predicted octanol–water partition coefficient (Wildman–Crippen LogP) is 3.85. The minimum atomic E-state index is 0.0179. The first-order valence-electron chi connectivity index (χ1n) is 9.12. The van der Waals surface area contributed by atoms with Crippen LogP contribution in [0.15, 0.2) is 66.7 Å². The van der Waals surface area contributed by atoms with Gasteiger partial charge in [0.1, 0.15) is 6.10 Å². The Balaban J connectivity index is 1.32. The lowest BCUT2D eigenvalue weighted by atomic mass is 10.1. The molecule has 0 bridgehead atoms. The van der Waals surface area contributed by atoms with Gasteiger partial charge in [-0.25, -0.2) is 4.98 Å². The minimum absolute atomic E-state index is 0.0179. The molecule has 4 nitrogen and oxygen atoms in total. The van der Waals surface area contributed by atoms with Gasteiger partial charge in [-0.3, -0.25) is 4.79 Å². The summed E-state index contributed by atoms with van der Waals surface area (Å²) >= 11 is 0. The lowest BCUT2D eigenvalue weighted by Gasteiger charge is -2.17. The van der Waals surface area contributed by atoms with Gasteiger partial charge in [0, 0.05) is 30.8 Å². The number of hydrogen-bond donors (Lipinski definition) is 0. The van der Waals surface area contributed by atoms with E-state index in [0.29, 0.717) is 18.8 Å². The van der Waals surface area contributed by atoms with Crippen LogP contribution in [-0.2, 0) is 11.2 Å². The van der Waals surface area contributed by atoms with Gasteiger partial charge in [-0.2, -0.15) is 0 Å². The largest absolute Gasteiger partial charge is 0.472 e. The van der Waals surface area contributed by atoms with Crippen molar-refractivity contribution in [2.75, 3.05) is 13.1 Å². The van der Waals surface area contributed by atoms with Gasteiger partial charge in [-0.1, -0.05) is 48.5 Å². The summed E-state index contributed by atoms with van der Waals surface area (Å²) in [7, 11) is 0. The molecule has 26 heavy (non-hydrogen) atoms. The van der Waals surface area contributed by atoms with Crippen LogP contribution in [0.3, 0.4) is 0 Å². The van der Waals surface area contributed by atoms with Gasteiger partial charge in [0.25, 0.3) is 0 Å². The van der Waals surface area contributed by atoms with Crippen molar-refractivity contribution < 1.29 is 9.53 Å². The molecule has 0 saturated carbocycles. The first kappa shape index (κ1) is 16.6. The number of ether oxygens (including phenoxy) is 1. The minimum Gasteiger partial charge on any atom is -0.472 e. The molecule has 0 spiro atoms. The van der Waals surface area contributed by atoms with Crippen LogP contribution in [0.25, 0.3) is 10.9 Å². The molecule has 4 heteroatoms. The van der Waals surface area contributed by atoms with Crippen molar-refractivity contribution in [1.29, 1.82) is 0 Å². The highest BCUT2D eigenvalue weighted by Crippen LogP contribution is 2.21. The average Bonchev–Trinajstić information content (AvgIpc) is 3.15. The van der Waals surface area contributed by atoms with Crippen molar-refractivity contribution >= 4 is 16.8 Å². The maximum absolute atomic E-state index is 12.4. The van der Waals surface area contributed by atoms with E-state index >= 15 is 0 Å². The molecule has 1 saturated heterocycles. The van der Waals surface area contributed by atoms with E-state index in [9.17, 15) is 4.79 Å². The van der Waals surface area contributed by atoms with Crippen LogP contribution in [-0.4, -0.2) is 35.0 Å². The molecular formula is C22H22N2O2. The number of para-hydroxylation sites is 1. The fourth-order valence-electron chi connectivity index (χ4n) is 3.39. The van der Waals surface area contributed by atoms with E-state index in [-0.39, 0.29) is 12.0 Å². The molecule has 3 aromatic rings. The van der Waals surface area contributed by atoms with E-state index in [0.717, 1.165) is 30.3 Å². The molecule has 4 rings (SSSR count). The van der Waals surface area contributed by atoms with Crippen molar-refractivity contribution in [2.45, 2.75) is 25.4 Å². The second-order valence-corrected chi connectivity index (χ2v) is 6.70. The summed E-state index contributed by atoms with van der Waals surface area (Å²) in [6.07, 6.45) is 2.20. The molecule has 0 radical (unpaired) electrons. The number of pyridine rings is 1. The van der Waals surface area contributed by atoms with Crippen LogP contribution in [0.1, 0.15) is 18.4 Å². The highest BCUT2D eigenvalue weighted by molar-refractivity contribution is 5.79. The zero-order valence-electron chi connectivity index (χ0n) is 14.7. The molecule has 2 aromatic carbocycles. The number of likely N-dealkylation sites (tertiary alicyclic amines) is 1. The molecule has 1 amide bonds. The predicted molar refractivity (Wildman–Crippen MR) is 102 cm³/mol. The summed E-state index contributed by atoms with van der Waals surface area (Å²) < 4.78 is 6.02. The van der Waals surface area contributed by atoms with E-state index in [1.165, 1.54) is 5.56 Å². The number of aromatic nitrogens is 1. The van der Waals surface area contributed by atoms with E-state index in [2.05, 4.69) is 17.1 Å². The van der Waals surface area contributed by atoms with E-state index in [1.54, 1.807) is 0 Å². The number of hydrogen-bond acceptors (Lipinski definition) is 3. The molecule has 1 aliphatic heterocycles. The third-order valence-electron chi connectivity index (χ3n) is 4.83. The van der Waals surface area contributed by atoms with Crippen LogP contribution >= 0.6 is 0 Å². The molecule has 0 aliphatic carbocycles. The molecule has 1 fully saturated rings. The highest BCUT2D eigenvalue weighted by atomic mass is 16.5. The van der Waals surface area contributed by atoms with Gasteiger partial charge in [-0.05, 0) is 24.1 Å². The molecule has 0 N–H and O–H groups in total. The Hall–Kier alpha value is -2.88. The average molecular weight is 346 g/mol. The zero-order valence-corrected chi connectivity index (χ0v) is 14.7. The molecule has 1 aliphatic rings. The van der Waals surface area contributed by atoms with Crippen LogP contribution in [0, 0.1) is 0 Å². The van der Waals surface area contributed by atoms with Crippen molar-refractivity contribution in [3.8, 4) is 5.88 Å². The van der Waals surface area contributed by atoms with Crippen LogP contribution in [0.5, 0.6) is 5.88 Å². The van der Waals surface area contributed by atoms with Crippen molar-refractivity contribution in [2.24, 2.45) is 0 Å². The number of carbonyl (C=O) groups is 1. The number of aryl methyl sites for hydroxylation is 1. The van der Waals surface area contributed by atoms with Gasteiger partial charge in [0.15, 0.2) is 0 Å². The zero-order chi connectivity index (χ0) is 17.8. The maximum atomic E-state index is 12.4. The van der Waals surface area contributed by atoms with Gasteiger partial charge in [0.05, 0.1) is 12.1 Å². The lowest BCUT2D eigenvalue weighted by Crippen LogP contribution is -2.31. The first-order valence-corrected chi connectivity index (χ1v) is 9.12. The number of carbonyl (C=O) groups excluding carboxylic acids is 1. The van der Waals surface area contributed by atoms with Crippen molar-refractivity contribution in [3.05, 3.63) is 72.3 Å². The van der Waals surface area contributed by atoms with E-state index < -0.39 is 0 Å². The van der Waals surface area contributed by atoms with Crippen molar-refractivity contribution in [3.63, 3.8) is 0 Å². The van der Waals surface area contributed by atoms with Gasteiger partial charge < -0.3 is 9.64 Å². The lowest BCUT2D eigenvalue weighted by molar-refractivity contribution is -0.130. The SMILES string of the molecule is O=C(CCc1ccccc1)N1CCC(Oc2ccc3ccccc3n2)C1. The summed E-state index contributed by atoms with van der Waals surface area (Å²) in [6, 6.07) is 22.1. The third kappa shape index (κ3) is 3.85. The summed E-state index contributed by atoms with van der Waals surface area (Å²) in [5, 5.41) is 1.10. The smallest absolute Gasteiger partial charge is 0.223 e. The Kier molecular flexibility index (Phi) is 4.82. The Morgan fingerprint density at radius 3 is 2.73 bits per heavy atom. The number of benzene rings is 2. The summed E-state index contributed by atoms with van der Waals surface area (Å²) in [5.41, 5.74) is 2.13. The fourth-order valence-corrected chi connectivity index (χ4v) is 3.39. The molecule has 2 heterocycles. The summed E-state index contributed by atoms with van der Waals surface area (Å²) in [4.78, 5) is 18.9. The topological polar surface area (TPSA) is 42.4 Å². The van der Waals surface area contributed by atoms with E-state index in [1.807, 2.05) is 59.5 Å². The Labute approximate surface area is 153 Å². The van der Waals surface area contributed by atoms with Gasteiger partial charge >= 0.3 is 0 Å². The second kappa shape index (κ2) is 7.56. The monoisotopic (exact) mass is 346 g/mol. The van der Waals surface area contributed by atoms with E-state index in [4.69, 9.17) is 4.74 Å². The summed E-state index contributed by atoms with van der Waals surface area (Å²) in [5.74, 6) is 0.832. The number of rotatable bonds is 5. The van der Waals surface area contributed by atoms with Crippen molar-refractivity contribution in [1.82, 2.24) is 9.88 Å². The third-order valence-corrected chi connectivity index (χ3v) is 4.83. The Bertz CT molecular complexity index is 895. The maximum Gasteiger partial charge on any atom is 0.223 e. The van der Waals surface area contributed by atoms with Crippen LogP contribution in [0.2, 0.25) is 0 Å². The van der Waals surface area contributed by atoms with Crippen LogP contribution < -0.4 is 4.74 Å². The van der Waals surface area contributed by atoms with Gasteiger partial charge in [0.2, 0.25) is 11.8 Å². The molecule has 1 atom stereocenters. The number of nitrogens with zero attached hydrogens (tertiary/aromatic N) is 2. The molecular weight excluding hydrogens is 324 g/mol.